The van der Waals surface area contributed by atoms with Crippen LogP contribution in [0.4, 0.5) is 17.1 Å². The summed E-state index contributed by atoms with van der Waals surface area (Å²) in [7, 11) is 5.40. The Morgan fingerprint density at radius 2 is 1.34 bits per heavy atom. The van der Waals surface area contributed by atoms with Crippen LogP contribution in [0, 0.1) is 5.92 Å². The number of carbonyl (C=O) groups is 4. The van der Waals surface area contributed by atoms with E-state index in [1.54, 1.807) is 48.5 Å². The van der Waals surface area contributed by atoms with Crippen LogP contribution in [0.5, 0.6) is 11.5 Å². The van der Waals surface area contributed by atoms with Crippen molar-refractivity contribution in [3.63, 3.8) is 0 Å². The first-order chi connectivity index (χ1) is 24.1. The van der Waals surface area contributed by atoms with Gasteiger partial charge in [0.2, 0.25) is 0 Å². The molecule has 1 saturated heterocycles. The van der Waals surface area contributed by atoms with E-state index >= 15 is 0 Å². The second-order valence-corrected chi connectivity index (χ2v) is 12.1. The minimum atomic E-state index is -0.700. The van der Waals surface area contributed by atoms with Gasteiger partial charge in [-0.2, -0.15) is 0 Å². The Labute approximate surface area is 287 Å². The lowest BCUT2D eigenvalue weighted by Crippen LogP contribution is -2.47. The number of carbonyl (C=O) groups excluding carboxylic acids is 4. The number of amides is 2. The monoisotopic (exact) mass is 680 g/mol. The van der Waals surface area contributed by atoms with Crippen molar-refractivity contribution < 1.29 is 38.1 Å². The average molecular weight is 681 g/mol. The average Bonchev–Trinajstić information content (AvgIpc) is 3.13. The molecule has 258 valence electrons. The van der Waals surface area contributed by atoms with Crippen molar-refractivity contribution in [3.05, 3.63) is 111 Å². The number of piperidine rings is 1. The molecule has 0 radical (unpaired) electrons. The Kier molecular flexibility index (Phi) is 9.57. The summed E-state index contributed by atoms with van der Waals surface area (Å²) in [5, 5.41) is 5.73. The summed E-state index contributed by atoms with van der Waals surface area (Å²) in [4.78, 5) is 66.8. The van der Waals surface area contributed by atoms with Crippen LogP contribution in [0.15, 0.2) is 77.6 Å². The SMILES string of the molecule is COC(=O)c1cc(NC(=O)c2ccc(N3C[C@H]4C[C@@H](C3)c3cccc(=O)n3C4)c(NC(=O)c3cc(OC)cc(OC)c3)c2)cc(C(=O)OC)c1. The van der Waals surface area contributed by atoms with Crippen molar-refractivity contribution in [2.45, 2.75) is 18.9 Å². The molecule has 2 aliphatic rings. The number of nitrogens with zero attached hydrogens (tertiary/aromatic N) is 2. The summed E-state index contributed by atoms with van der Waals surface area (Å²) in [6.07, 6.45) is 0.934. The third kappa shape index (κ3) is 6.88. The molecular formula is C37H36N4O9. The number of hydrogen-bond donors (Lipinski definition) is 2. The van der Waals surface area contributed by atoms with E-state index in [0.29, 0.717) is 42.5 Å². The van der Waals surface area contributed by atoms with Gasteiger partial charge in [-0.1, -0.05) is 6.07 Å². The Balaban J connectivity index is 1.36. The molecule has 0 aliphatic carbocycles. The summed E-state index contributed by atoms with van der Waals surface area (Å²) in [5.74, 6) is -1.26. The number of rotatable bonds is 9. The Morgan fingerprint density at radius 1 is 0.680 bits per heavy atom. The fraction of sp³-hybridized carbons (Fsp3) is 0.270. The van der Waals surface area contributed by atoms with Crippen LogP contribution in [-0.4, -0.2) is 69.8 Å². The second-order valence-electron chi connectivity index (χ2n) is 12.1. The summed E-state index contributed by atoms with van der Waals surface area (Å²) in [6, 6.07) is 19.3. The highest BCUT2D eigenvalue weighted by Crippen LogP contribution is 2.39. The molecule has 2 bridgehead atoms. The lowest BCUT2D eigenvalue weighted by molar-refractivity contribution is 0.0598. The van der Waals surface area contributed by atoms with E-state index in [-0.39, 0.29) is 45.3 Å². The van der Waals surface area contributed by atoms with Gasteiger partial charge in [-0.3, -0.25) is 14.4 Å². The molecule has 13 nitrogen and oxygen atoms in total. The van der Waals surface area contributed by atoms with Crippen molar-refractivity contribution >= 4 is 40.8 Å². The standard InChI is InChI=1S/C37H36N4O9/c1-47-28-14-23(15-29(17-28)48-2)35(44)39-30-16-22(34(43)38-27-12-24(36(45)49-3)11-25(13-27)37(46)50-4)8-9-32(30)40-18-21-10-26(20-40)31-6-5-7-33(42)41(31)19-21/h5-9,11-17,21,26H,10,18-20H2,1-4H3,(H,38,43)(H,39,44)/t21-,26+/m1/s1. The highest BCUT2D eigenvalue weighted by Gasteiger charge is 2.35. The van der Waals surface area contributed by atoms with Crippen LogP contribution in [-0.2, 0) is 16.0 Å². The van der Waals surface area contributed by atoms with Gasteiger partial charge >= 0.3 is 11.9 Å². The Morgan fingerprint density at radius 3 is 1.98 bits per heavy atom. The number of methoxy groups -OCH3 is 4. The Hall–Kier alpha value is -6.11. The summed E-state index contributed by atoms with van der Waals surface area (Å²) in [5.41, 5.74) is 2.77. The number of hydrogen-bond acceptors (Lipinski definition) is 10. The van der Waals surface area contributed by atoms with Gasteiger partial charge in [-0.25, -0.2) is 9.59 Å². The van der Waals surface area contributed by atoms with Crippen molar-refractivity contribution in [1.82, 2.24) is 4.57 Å². The zero-order valence-electron chi connectivity index (χ0n) is 28.0. The quantitative estimate of drug-likeness (QED) is 0.240. The van der Waals surface area contributed by atoms with Gasteiger partial charge in [-0.15, -0.1) is 0 Å². The molecule has 3 aromatic carbocycles. The highest BCUT2D eigenvalue weighted by atomic mass is 16.5. The van der Waals surface area contributed by atoms with E-state index in [1.807, 2.05) is 10.6 Å². The highest BCUT2D eigenvalue weighted by molar-refractivity contribution is 6.10. The van der Waals surface area contributed by atoms with Gasteiger partial charge < -0.3 is 39.0 Å². The minimum Gasteiger partial charge on any atom is -0.497 e. The van der Waals surface area contributed by atoms with Crippen LogP contribution in [0.1, 0.15) is 59.5 Å². The predicted molar refractivity (Wildman–Crippen MR) is 185 cm³/mol. The van der Waals surface area contributed by atoms with Gasteiger partial charge in [-0.05, 0) is 66.9 Å². The van der Waals surface area contributed by atoms with E-state index in [4.69, 9.17) is 18.9 Å². The van der Waals surface area contributed by atoms with Gasteiger partial charge in [0.25, 0.3) is 17.4 Å². The maximum Gasteiger partial charge on any atom is 0.337 e. The smallest absolute Gasteiger partial charge is 0.337 e. The van der Waals surface area contributed by atoms with Crippen LogP contribution in [0.3, 0.4) is 0 Å². The zero-order valence-corrected chi connectivity index (χ0v) is 28.0. The fourth-order valence-electron chi connectivity index (χ4n) is 6.65. The largest absolute Gasteiger partial charge is 0.497 e. The number of esters is 2. The van der Waals surface area contributed by atoms with Gasteiger partial charge in [0.15, 0.2) is 0 Å². The van der Waals surface area contributed by atoms with Crippen molar-refractivity contribution in [2.75, 3.05) is 57.1 Å². The Bertz CT molecular complexity index is 2000. The number of benzene rings is 3. The summed E-state index contributed by atoms with van der Waals surface area (Å²) in [6.45, 7) is 1.82. The zero-order chi connectivity index (χ0) is 35.5. The second kappa shape index (κ2) is 14.2. The normalized spacial score (nSPS) is 16.0. The van der Waals surface area contributed by atoms with Crippen molar-refractivity contribution in [1.29, 1.82) is 0 Å². The lowest BCUT2D eigenvalue weighted by Gasteiger charge is -2.44. The molecule has 3 heterocycles. The third-order valence-corrected chi connectivity index (χ3v) is 8.97. The van der Waals surface area contributed by atoms with Gasteiger partial charge in [0, 0.05) is 60.2 Å². The number of nitrogens with one attached hydrogen (secondary N) is 2. The lowest BCUT2D eigenvalue weighted by atomic mass is 9.83. The first-order valence-corrected chi connectivity index (χ1v) is 15.9. The molecular weight excluding hydrogens is 644 g/mol. The first-order valence-electron chi connectivity index (χ1n) is 15.9. The van der Waals surface area contributed by atoms with Crippen LogP contribution >= 0.6 is 0 Å². The maximum atomic E-state index is 13.7. The molecule has 0 saturated carbocycles. The number of fused-ring (bicyclic) bond motifs is 4. The predicted octanol–water partition coefficient (Wildman–Crippen LogP) is 4.57. The van der Waals surface area contributed by atoms with Crippen LogP contribution in [0.25, 0.3) is 0 Å². The molecule has 0 unspecified atom stereocenters. The molecule has 0 spiro atoms. The van der Waals surface area contributed by atoms with Gasteiger partial charge in [0.05, 0.1) is 50.9 Å². The summed E-state index contributed by atoms with van der Waals surface area (Å²) >= 11 is 0. The first kappa shape index (κ1) is 33.8. The van der Waals surface area contributed by atoms with E-state index in [2.05, 4.69) is 15.5 Å². The number of pyridine rings is 1. The van der Waals surface area contributed by atoms with Crippen LogP contribution in [0.2, 0.25) is 0 Å². The molecule has 2 aliphatic heterocycles. The molecule has 2 amide bonds. The van der Waals surface area contributed by atoms with E-state index in [0.717, 1.165) is 12.1 Å². The van der Waals surface area contributed by atoms with Gasteiger partial charge in [0.1, 0.15) is 11.5 Å². The molecule has 50 heavy (non-hydrogen) atoms. The molecule has 4 aromatic rings. The molecule has 2 atom stereocenters. The minimum absolute atomic E-state index is 0.0153. The molecule has 1 aromatic heterocycles. The fourth-order valence-corrected chi connectivity index (χ4v) is 6.65. The van der Waals surface area contributed by atoms with E-state index in [9.17, 15) is 24.0 Å². The summed E-state index contributed by atoms with van der Waals surface area (Å²) < 4.78 is 22.2. The topological polar surface area (TPSA) is 154 Å². The number of aromatic nitrogens is 1. The molecule has 13 heteroatoms. The number of ether oxygens (including phenoxy) is 4. The van der Waals surface area contributed by atoms with E-state index < -0.39 is 23.8 Å². The molecule has 1 fully saturated rings. The van der Waals surface area contributed by atoms with Crippen LogP contribution < -0.4 is 30.6 Å². The van der Waals surface area contributed by atoms with Crippen molar-refractivity contribution in [3.8, 4) is 11.5 Å². The third-order valence-electron chi connectivity index (χ3n) is 8.97. The molecule has 2 N–H and O–H groups in total. The molecule has 6 rings (SSSR count). The number of anilines is 3. The van der Waals surface area contributed by atoms with E-state index in [1.165, 1.54) is 46.6 Å². The van der Waals surface area contributed by atoms with Crippen molar-refractivity contribution in [2.24, 2.45) is 5.92 Å². The maximum absolute atomic E-state index is 13.7.